The minimum absolute atomic E-state index is 0. The summed E-state index contributed by atoms with van der Waals surface area (Å²) in [6.07, 6.45) is 0. The molecule has 0 aromatic rings. The van der Waals surface area contributed by atoms with E-state index in [4.69, 9.17) is 24.4 Å². The van der Waals surface area contributed by atoms with Crippen molar-refractivity contribution in [1.82, 2.24) is 16.0 Å². The van der Waals surface area contributed by atoms with Crippen LogP contribution in [0, 0.1) is 0 Å². The molecule has 0 atom stereocenters. The Morgan fingerprint density at radius 1 is 0.765 bits per heavy atom. The smallest absolute Gasteiger partial charge is 0.147 e. The summed E-state index contributed by atoms with van der Waals surface area (Å²) >= 11 is 10.7. The highest BCUT2D eigenvalue weighted by atomic mass is 33.1. The number of nitrogens with zero attached hydrogens (tertiary/aromatic N) is 2. The molecule has 0 rings (SSSR count). The average Bonchev–Trinajstić information content (AvgIpc) is 2.29. The third kappa shape index (κ3) is 7.46. The van der Waals surface area contributed by atoms with Gasteiger partial charge in [0.15, 0.2) is 0 Å². The number of hydrogen-bond donors (Lipinski definition) is 1. The molecule has 0 amide bonds. The van der Waals surface area contributed by atoms with Gasteiger partial charge in [0.25, 0.3) is 0 Å². The monoisotopic (exact) mass is 313 g/mol. The van der Waals surface area contributed by atoms with Crippen molar-refractivity contribution in [2.45, 2.75) is 27.7 Å². The number of rotatable bonds is 4. The summed E-state index contributed by atoms with van der Waals surface area (Å²) in [5, 5.41) is 0. The molecule has 0 fully saturated rings. The van der Waals surface area contributed by atoms with Crippen LogP contribution in [0.3, 0.4) is 0 Å². The second-order valence-corrected chi connectivity index (χ2v) is 6.44. The molecule has 102 valence electrons. The van der Waals surface area contributed by atoms with E-state index in [0.717, 1.165) is 34.8 Å². The van der Waals surface area contributed by atoms with Gasteiger partial charge < -0.3 is 16.0 Å². The first kappa shape index (κ1) is 19.8. The Morgan fingerprint density at radius 2 is 1.00 bits per heavy atom. The second-order valence-electron chi connectivity index (χ2n) is 3.04. The highest BCUT2D eigenvalue weighted by Crippen LogP contribution is 2.28. The maximum Gasteiger partial charge on any atom is 0.147 e. The van der Waals surface area contributed by atoms with Crippen molar-refractivity contribution in [1.29, 1.82) is 0 Å². The van der Waals surface area contributed by atoms with Crippen LogP contribution in [0.25, 0.3) is 0 Å². The van der Waals surface area contributed by atoms with E-state index in [1.807, 2.05) is 0 Å². The van der Waals surface area contributed by atoms with Gasteiger partial charge in [-0.25, -0.2) is 0 Å². The van der Waals surface area contributed by atoms with Gasteiger partial charge in [-0.1, -0.05) is 24.4 Å². The quantitative estimate of drug-likeness (QED) is 0.625. The highest BCUT2D eigenvalue weighted by molar-refractivity contribution is 8.89. The second kappa shape index (κ2) is 11.5. The van der Waals surface area contributed by atoms with Gasteiger partial charge in [0.05, 0.1) is 0 Å². The van der Waals surface area contributed by atoms with Crippen LogP contribution in [0.4, 0.5) is 0 Å². The molecule has 0 aromatic carbocycles. The van der Waals surface area contributed by atoms with E-state index >= 15 is 0 Å². The minimum Gasteiger partial charge on any atom is -0.357 e. The fourth-order valence-corrected chi connectivity index (χ4v) is 4.20. The van der Waals surface area contributed by atoms with E-state index < -0.39 is 0 Å². The van der Waals surface area contributed by atoms with Gasteiger partial charge in [-0.2, -0.15) is 0 Å². The van der Waals surface area contributed by atoms with Crippen LogP contribution in [0.15, 0.2) is 0 Å². The Balaban J connectivity index is 0. The molecule has 0 aliphatic carbocycles. The zero-order valence-electron chi connectivity index (χ0n) is 11.1. The first-order chi connectivity index (χ1) is 7.60. The lowest BCUT2D eigenvalue weighted by Crippen LogP contribution is -2.28. The first-order valence-corrected chi connectivity index (χ1v) is 8.49. The van der Waals surface area contributed by atoms with Crippen molar-refractivity contribution in [3.8, 4) is 0 Å². The molecule has 17 heavy (non-hydrogen) atoms. The summed E-state index contributed by atoms with van der Waals surface area (Å²) in [5.74, 6) is 0. The van der Waals surface area contributed by atoms with E-state index in [0.29, 0.717) is 0 Å². The summed E-state index contributed by atoms with van der Waals surface area (Å²) in [6, 6.07) is 0. The third-order valence-electron chi connectivity index (χ3n) is 2.23. The molecule has 0 bridgehead atoms. The Bertz CT molecular complexity index is 204. The van der Waals surface area contributed by atoms with Gasteiger partial charge in [0, 0.05) is 26.2 Å². The summed E-state index contributed by atoms with van der Waals surface area (Å²) in [6.45, 7) is 12.3. The number of thiocarbonyl (C=S) groups is 2. The highest BCUT2D eigenvalue weighted by Gasteiger charge is 2.11. The van der Waals surface area contributed by atoms with Gasteiger partial charge in [0.2, 0.25) is 0 Å². The molecular formula is C10H23N3S4. The molecule has 0 aromatic heterocycles. The van der Waals surface area contributed by atoms with Crippen LogP contribution < -0.4 is 6.15 Å². The number of hydrogen-bond acceptors (Lipinski definition) is 5. The average molecular weight is 314 g/mol. The molecule has 0 spiro atoms. The van der Waals surface area contributed by atoms with Gasteiger partial charge >= 0.3 is 0 Å². The van der Waals surface area contributed by atoms with E-state index in [1.165, 1.54) is 0 Å². The SMILES string of the molecule is CCN(CC)C(=S)SSC(=S)N(CC)CC.N. The topological polar surface area (TPSA) is 41.5 Å². The molecule has 0 unspecified atom stereocenters. The molecule has 7 heteroatoms. The van der Waals surface area contributed by atoms with Crippen molar-refractivity contribution < 1.29 is 0 Å². The molecule has 0 aliphatic heterocycles. The molecule has 0 saturated carbocycles. The van der Waals surface area contributed by atoms with Crippen molar-refractivity contribution in [3.05, 3.63) is 0 Å². The van der Waals surface area contributed by atoms with Crippen LogP contribution in [0.5, 0.6) is 0 Å². The summed E-state index contributed by atoms with van der Waals surface area (Å²) in [4.78, 5) is 4.33. The lowest BCUT2D eigenvalue weighted by atomic mass is 10.6. The maximum atomic E-state index is 5.34. The molecule has 3 N–H and O–H groups in total. The minimum atomic E-state index is 0. The van der Waals surface area contributed by atoms with Crippen molar-refractivity contribution >= 4 is 54.7 Å². The van der Waals surface area contributed by atoms with Crippen LogP contribution in [-0.4, -0.2) is 44.6 Å². The third-order valence-corrected chi connectivity index (χ3v) is 5.96. The van der Waals surface area contributed by atoms with Crippen LogP contribution in [-0.2, 0) is 0 Å². The molecule has 0 radical (unpaired) electrons. The normalized spacial score (nSPS) is 9.41. The molecular weight excluding hydrogens is 290 g/mol. The predicted molar refractivity (Wildman–Crippen MR) is 91.2 cm³/mol. The first-order valence-electron chi connectivity index (χ1n) is 5.52. The lowest BCUT2D eigenvalue weighted by molar-refractivity contribution is 0.482. The van der Waals surface area contributed by atoms with Crippen molar-refractivity contribution in [3.63, 3.8) is 0 Å². The van der Waals surface area contributed by atoms with E-state index in [2.05, 4.69) is 37.5 Å². The fraction of sp³-hybridized carbons (Fsp3) is 0.800. The van der Waals surface area contributed by atoms with Crippen LogP contribution in [0.1, 0.15) is 27.7 Å². The van der Waals surface area contributed by atoms with Crippen molar-refractivity contribution in [2.24, 2.45) is 0 Å². The fourth-order valence-electron chi connectivity index (χ4n) is 1.14. The molecule has 0 aliphatic rings. The molecule has 0 saturated heterocycles. The summed E-state index contributed by atoms with van der Waals surface area (Å²) in [7, 11) is 3.18. The predicted octanol–water partition coefficient (Wildman–Crippen LogP) is 3.78. The van der Waals surface area contributed by atoms with E-state index in [9.17, 15) is 0 Å². The summed E-state index contributed by atoms with van der Waals surface area (Å²) in [5.41, 5.74) is 0. The Labute approximate surface area is 124 Å². The zero-order valence-corrected chi connectivity index (χ0v) is 14.3. The standard InChI is InChI=1S/C10H20N2S4.H3N/c1-5-11(6-2)9(13)15-16-10(14)12(7-3)8-4;/h5-8H2,1-4H3;1H3. The zero-order chi connectivity index (χ0) is 12.6. The Morgan fingerprint density at radius 3 is 1.18 bits per heavy atom. The molecule has 3 nitrogen and oxygen atoms in total. The van der Waals surface area contributed by atoms with E-state index in [1.54, 1.807) is 21.6 Å². The van der Waals surface area contributed by atoms with Crippen molar-refractivity contribution in [2.75, 3.05) is 26.2 Å². The van der Waals surface area contributed by atoms with E-state index in [-0.39, 0.29) is 6.15 Å². The van der Waals surface area contributed by atoms with Gasteiger partial charge in [-0.3, -0.25) is 0 Å². The largest absolute Gasteiger partial charge is 0.357 e. The lowest BCUT2D eigenvalue weighted by Gasteiger charge is -2.23. The summed E-state index contributed by atoms with van der Waals surface area (Å²) < 4.78 is 1.84. The molecule has 0 heterocycles. The maximum absolute atomic E-state index is 5.34. The van der Waals surface area contributed by atoms with Gasteiger partial charge in [0.1, 0.15) is 8.64 Å². The van der Waals surface area contributed by atoms with Gasteiger partial charge in [-0.05, 0) is 49.3 Å². The Kier molecular flexibility index (Phi) is 13.4. The van der Waals surface area contributed by atoms with Crippen LogP contribution >= 0.6 is 46.0 Å². The Hall–Kier alpha value is 0.440. The van der Waals surface area contributed by atoms with Gasteiger partial charge in [-0.15, -0.1) is 0 Å². The van der Waals surface area contributed by atoms with Crippen LogP contribution in [0.2, 0.25) is 0 Å².